The maximum absolute atomic E-state index is 13.4. The molecule has 0 radical (unpaired) electrons. The Labute approximate surface area is 92.6 Å². The molecule has 5 heteroatoms. The largest absolute Gasteiger partial charge is 0.394 e. The third kappa shape index (κ3) is 3.43. The van der Waals surface area contributed by atoms with Crippen LogP contribution in [-0.4, -0.2) is 24.9 Å². The highest BCUT2D eigenvalue weighted by molar-refractivity contribution is 6.30. The summed E-state index contributed by atoms with van der Waals surface area (Å²) in [5, 5.41) is 9.02. The quantitative estimate of drug-likeness (QED) is 0.810. The van der Waals surface area contributed by atoms with Crippen LogP contribution in [0.3, 0.4) is 0 Å². The van der Waals surface area contributed by atoms with E-state index in [2.05, 4.69) is 0 Å². The van der Waals surface area contributed by atoms with Crippen LogP contribution in [0.2, 0.25) is 5.02 Å². The molecule has 0 aliphatic heterocycles. The molecule has 0 amide bonds. The second-order valence-corrected chi connectivity index (χ2v) is 3.42. The van der Waals surface area contributed by atoms with Gasteiger partial charge in [-0.25, -0.2) is 4.39 Å². The Hall–Kier alpha value is -0.680. The third-order valence-electron chi connectivity index (χ3n) is 1.93. The molecular formula is C10H13ClFNO2. The van der Waals surface area contributed by atoms with E-state index in [1.165, 1.54) is 18.2 Å². The highest BCUT2D eigenvalue weighted by Gasteiger charge is 2.15. The van der Waals surface area contributed by atoms with Gasteiger partial charge in [0.05, 0.1) is 19.3 Å². The first-order valence-electron chi connectivity index (χ1n) is 4.56. The third-order valence-corrected chi connectivity index (χ3v) is 2.16. The van der Waals surface area contributed by atoms with Crippen molar-refractivity contribution in [1.29, 1.82) is 0 Å². The highest BCUT2D eigenvalue weighted by Crippen LogP contribution is 2.23. The number of benzene rings is 1. The topological polar surface area (TPSA) is 55.5 Å². The highest BCUT2D eigenvalue weighted by atomic mass is 35.5. The summed E-state index contributed by atoms with van der Waals surface area (Å²) in [5.74, 6) is -0.409. The van der Waals surface area contributed by atoms with Crippen LogP contribution in [0.15, 0.2) is 18.2 Å². The molecule has 0 aliphatic rings. The van der Waals surface area contributed by atoms with Gasteiger partial charge in [-0.15, -0.1) is 0 Å². The average molecular weight is 234 g/mol. The van der Waals surface area contributed by atoms with Crippen molar-refractivity contribution in [2.45, 2.75) is 6.10 Å². The molecule has 0 saturated heterocycles. The van der Waals surface area contributed by atoms with Crippen molar-refractivity contribution in [1.82, 2.24) is 0 Å². The molecule has 1 rings (SSSR count). The zero-order valence-corrected chi connectivity index (χ0v) is 8.88. The number of aliphatic hydroxyl groups is 1. The molecule has 0 aliphatic carbocycles. The van der Waals surface area contributed by atoms with Gasteiger partial charge in [-0.1, -0.05) is 11.6 Å². The standard InChI is InChI=1S/C10H13ClFNO2/c11-7-1-2-9(12)8(5-7)10(6-13)15-4-3-14/h1-2,5,10,14H,3-4,6,13H2. The fourth-order valence-corrected chi connectivity index (χ4v) is 1.42. The molecule has 1 atom stereocenters. The molecular weight excluding hydrogens is 221 g/mol. The molecule has 0 fully saturated rings. The lowest BCUT2D eigenvalue weighted by molar-refractivity contribution is 0.0310. The van der Waals surface area contributed by atoms with Crippen LogP contribution >= 0.6 is 11.6 Å². The van der Waals surface area contributed by atoms with E-state index >= 15 is 0 Å². The summed E-state index contributed by atoms with van der Waals surface area (Å²) in [7, 11) is 0. The lowest BCUT2D eigenvalue weighted by Crippen LogP contribution is -2.18. The van der Waals surface area contributed by atoms with Crippen molar-refractivity contribution >= 4 is 11.6 Å². The van der Waals surface area contributed by atoms with Crippen molar-refractivity contribution < 1.29 is 14.2 Å². The molecule has 3 nitrogen and oxygen atoms in total. The normalized spacial score (nSPS) is 12.8. The van der Waals surface area contributed by atoms with E-state index in [1.807, 2.05) is 0 Å². The molecule has 1 aromatic carbocycles. The van der Waals surface area contributed by atoms with Crippen LogP contribution in [0, 0.1) is 5.82 Å². The zero-order chi connectivity index (χ0) is 11.3. The number of ether oxygens (including phenoxy) is 1. The van der Waals surface area contributed by atoms with Gasteiger partial charge in [-0.05, 0) is 18.2 Å². The van der Waals surface area contributed by atoms with Crippen molar-refractivity contribution in [2.75, 3.05) is 19.8 Å². The van der Waals surface area contributed by atoms with E-state index in [-0.39, 0.29) is 19.8 Å². The van der Waals surface area contributed by atoms with Gasteiger partial charge in [0.1, 0.15) is 5.82 Å². The lowest BCUT2D eigenvalue weighted by atomic mass is 10.1. The molecule has 0 spiro atoms. The molecule has 15 heavy (non-hydrogen) atoms. The maximum Gasteiger partial charge on any atom is 0.129 e. The van der Waals surface area contributed by atoms with E-state index in [9.17, 15) is 4.39 Å². The van der Waals surface area contributed by atoms with Crippen LogP contribution in [0.5, 0.6) is 0 Å². The Morgan fingerprint density at radius 1 is 1.53 bits per heavy atom. The minimum absolute atomic E-state index is 0.119. The molecule has 1 unspecified atom stereocenters. The molecule has 0 aromatic heterocycles. The van der Waals surface area contributed by atoms with Gasteiger partial charge in [0.25, 0.3) is 0 Å². The van der Waals surface area contributed by atoms with Crippen LogP contribution in [0.25, 0.3) is 0 Å². The fraction of sp³-hybridized carbons (Fsp3) is 0.400. The fourth-order valence-electron chi connectivity index (χ4n) is 1.24. The Balaban J connectivity index is 2.85. The molecule has 0 saturated carbocycles. The van der Waals surface area contributed by atoms with Crippen molar-refractivity contribution in [3.8, 4) is 0 Å². The van der Waals surface area contributed by atoms with E-state index < -0.39 is 11.9 Å². The number of rotatable bonds is 5. The Kier molecular flexibility index (Phi) is 4.98. The lowest BCUT2D eigenvalue weighted by Gasteiger charge is -2.16. The van der Waals surface area contributed by atoms with E-state index in [0.29, 0.717) is 10.6 Å². The maximum atomic E-state index is 13.4. The summed E-state index contributed by atoms with van der Waals surface area (Å²) < 4.78 is 18.6. The first kappa shape index (κ1) is 12.4. The number of aliphatic hydroxyl groups excluding tert-OH is 1. The Bertz CT molecular complexity index is 322. The smallest absolute Gasteiger partial charge is 0.129 e. The minimum Gasteiger partial charge on any atom is -0.394 e. The summed E-state index contributed by atoms with van der Waals surface area (Å²) in [6, 6.07) is 4.20. The average Bonchev–Trinajstić information content (AvgIpc) is 2.24. The van der Waals surface area contributed by atoms with Crippen molar-refractivity contribution in [3.05, 3.63) is 34.6 Å². The zero-order valence-electron chi connectivity index (χ0n) is 8.12. The summed E-state index contributed by atoms with van der Waals surface area (Å²) in [6.45, 7) is 0.129. The number of hydrogen-bond donors (Lipinski definition) is 2. The van der Waals surface area contributed by atoms with Gasteiger partial charge < -0.3 is 15.6 Å². The van der Waals surface area contributed by atoms with Gasteiger partial charge in [-0.3, -0.25) is 0 Å². The van der Waals surface area contributed by atoms with E-state index in [4.69, 9.17) is 27.2 Å². The second kappa shape index (κ2) is 6.02. The van der Waals surface area contributed by atoms with Crippen LogP contribution < -0.4 is 5.73 Å². The SMILES string of the molecule is NCC(OCCO)c1cc(Cl)ccc1F. The molecule has 84 valence electrons. The predicted molar refractivity (Wildman–Crippen MR) is 56.2 cm³/mol. The van der Waals surface area contributed by atoms with Gasteiger partial charge >= 0.3 is 0 Å². The number of hydrogen-bond acceptors (Lipinski definition) is 3. The molecule has 1 aromatic rings. The molecule has 0 bridgehead atoms. The van der Waals surface area contributed by atoms with E-state index in [0.717, 1.165) is 0 Å². The Morgan fingerprint density at radius 3 is 2.87 bits per heavy atom. The van der Waals surface area contributed by atoms with Gasteiger partial charge in [0, 0.05) is 17.1 Å². The molecule has 0 heterocycles. The van der Waals surface area contributed by atoms with Crippen molar-refractivity contribution in [3.63, 3.8) is 0 Å². The molecule has 3 N–H and O–H groups in total. The van der Waals surface area contributed by atoms with Gasteiger partial charge in [0.15, 0.2) is 0 Å². The summed E-state index contributed by atoms with van der Waals surface area (Å²) >= 11 is 5.74. The first-order valence-corrected chi connectivity index (χ1v) is 4.94. The number of nitrogens with two attached hydrogens (primary N) is 1. The summed E-state index contributed by atoms with van der Waals surface area (Å²) in [5.41, 5.74) is 5.77. The van der Waals surface area contributed by atoms with Crippen LogP contribution in [-0.2, 0) is 4.74 Å². The second-order valence-electron chi connectivity index (χ2n) is 2.98. The van der Waals surface area contributed by atoms with E-state index in [1.54, 1.807) is 0 Å². The van der Waals surface area contributed by atoms with Gasteiger partial charge in [0.2, 0.25) is 0 Å². The predicted octanol–water partition coefficient (Wildman–Crippen LogP) is 1.49. The number of halogens is 2. The minimum atomic E-state index is -0.573. The first-order chi connectivity index (χ1) is 7.19. The summed E-state index contributed by atoms with van der Waals surface area (Å²) in [6.07, 6.45) is -0.573. The monoisotopic (exact) mass is 233 g/mol. The van der Waals surface area contributed by atoms with Crippen molar-refractivity contribution in [2.24, 2.45) is 5.73 Å². The van der Waals surface area contributed by atoms with Crippen LogP contribution in [0.4, 0.5) is 4.39 Å². The van der Waals surface area contributed by atoms with Gasteiger partial charge in [-0.2, -0.15) is 0 Å². The summed E-state index contributed by atoms with van der Waals surface area (Å²) in [4.78, 5) is 0. The Morgan fingerprint density at radius 2 is 2.27 bits per heavy atom. The van der Waals surface area contributed by atoms with Crippen LogP contribution in [0.1, 0.15) is 11.7 Å².